The van der Waals surface area contributed by atoms with Crippen LogP contribution in [-0.2, 0) is 11.2 Å². The first-order valence-electron chi connectivity index (χ1n) is 8.76. The molecule has 3 nitrogen and oxygen atoms in total. The summed E-state index contributed by atoms with van der Waals surface area (Å²) in [7, 11) is 0. The lowest BCUT2D eigenvalue weighted by Gasteiger charge is -2.32. The van der Waals surface area contributed by atoms with Crippen molar-refractivity contribution in [3.05, 3.63) is 81.3 Å². The van der Waals surface area contributed by atoms with Crippen LogP contribution >= 0.6 is 11.6 Å². The largest absolute Gasteiger partial charge is 0.512 e. The summed E-state index contributed by atoms with van der Waals surface area (Å²) in [5, 5.41) is 14.3. The van der Waals surface area contributed by atoms with Crippen molar-refractivity contribution in [2.75, 3.05) is 6.54 Å². The van der Waals surface area contributed by atoms with Crippen molar-refractivity contribution < 1.29 is 14.3 Å². The predicted molar refractivity (Wildman–Crippen MR) is 98.9 cm³/mol. The molecule has 5 heteroatoms. The van der Waals surface area contributed by atoms with Gasteiger partial charge in [0, 0.05) is 35.9 Å². The molecule has 0 amide bonds. The van der Waals surface area contributed by atoms with Gasteiger partial charge in [-0.25, -0.2) is 4.39 Å². The summed E-state index contributed by atoms with van der Waals surface area (Å²) in [4.78, 5) is 12.9. The lowest BCUT2D eigenvalue weighted by Crippen LogP contribution is -2.35. The van der Waals surface area contributed by atoms with Crippen molar-refractivity contribution >= 4 is 17.4 Å². The number of benzene rings is 2. The number of rotatable bonds is 2. The van der Waals surface area contributed by atoms with Crippen LogP contribution in [0.5, 0.6) is 0 Å². The number of nitrogens with one attached hydrogen (secondary N) is 1. The summed E-state index contributed by atoms with van der Waals surface area (Å²) in [6.07, 6.45) is 1.24. The van der Waals surface area contributed by atoms with Crippen LogP contribution < -0.4 is 5.32 Å². The molecule has 2 aromatic rings. The second-order valence-corrected chi connectivity index (χ2v) is 7.27. The van der Waals surface area contributed by atoms with E-state index in [-0.39, 0.29) is 30.4 Å². The molecule has 0 bridgehead atoms. The Kier molecular flexibility index (Phi) is 4.55. The average Bonchev–Trinajstić information content (AvgIpc) is 2.61. The van der Waals surface area contributed by atoms with Crippen molar-refractivity contribution in [2.45, 2.75) is 31.2 Å². The third-order valence-electron chi connectivity index (χ3n) is 5.29. The van der Waals surface area contributed by atoms with Gasteiger partial charge in [0.25, 0.3) is 0 Å². The summed E-state index contributed by atoms with van der Waals surface area (Å²) in [6.45, 7) is 0.744. The maximum atomic E-state index is 14.2. The molecule has 1 aliphatic heterocycles. The normalized spacial score (nSPS) is 23.1. The van der Waals surface area contributed by atoms with Crippen LogP contribution in [0, 0.1) is 5.82 Å². The molecule has 2 aliphatic rings. The molecular formula is C21H19ClFNO2. The molecular weight excluding hydrogens is 353 g/mol. The van der Waals surface area contributed by atoms with Gasteiger partial charge >= 0.3 is 0 Å². The third-order valence-corrected chi connectivity index (χ3v) is 5.62. The number of ketones is 1. The minimum Gasteiger partial charge on any atom is -0.512 e. The van der Waals surface area contributed by atoms with E-state index in [1.165, 1.54) is 17.7 Å². The maximum Gasteiger partial charge on any atom is 0.164 e. The highest BCUT2D eigenvalue weighted by Crippen LogP contribution is 2.42. The number of aliphatic hydroxyl groups excluding tert-OH is 1. The van der Waals surface area contributed by atoms with Gasteiger partial charge in [0.1, 0.15) is 11.6 Å². The summed E-state index contributed by atoms with van der Waals surface area (Å²) >= 11 is 6.15. The molecule has 4 rings (SSSR count). The topological polar surface area (TPSA) is 49.3 Å². The van der Waals surface area contributed by atoms with Crippen LogP contribution in [0.1, 0.15) is 41.5 Å². The Hall–Kier alpha value is -2.17. The van der Waals surface area contributed by atoms with E-state index in [4.69, 9.17) is 11.6 Å². The summed E-state index contributed by atoms with van der Waals surface area (Å²) in [6, 6.07) is 12.1. The molecule has 134 valence electrons. The second kappa shape index (κ2) is 6.86. The number of carbonyl (C=O) groups excluding carboxylic acids is 1. The molecule has 0 aromatic heterocycles. The highest BCUT2D eigenvalue weighted by Gasteiger charge is 2.36. The number of allylic oxidation sites excluding steroid dienone is 1. The minimum atomic E-state index is -0.446. The zero-order chi connectivity index (χ0) is 18.3. The van der Waals surface area contributed by atoms with Gasteiger partial charge < -0.3 is 10.4 Å². The van der Waals surface area contributed by atoms with E-state index < -0.39 is 11.7 Å². The van der Waals surface area contributed by atoms with Crippen LogP contribution in [0.25, 0.3) is 0 Å². The number of Topliss-reactive ketones (excluding diaryl/α,β-unsaturated/α-hetero) is 1. The van der Waals surface area contributed by atoms with Gasteiger partial charge in [-0.2, -0.15) is 0 Å². The molecule has 0 fully saturated rings. The standard InChI is InChI=1S/C21H19ClFNO2/c22-15-6-3-7-16(23)19(15)13-10-17(25)20(18(26)11-13)21-14-5-2-1-4-12(14)8-9-24-21/h1-7,13,21,24-25H,8-11H2/t13-,21+/m1/s1. The number of hydrogen-bond donors (Lipinski definition) is 2. The Bertz CT molecular complexity index is 888. The number of carbonyl (C=O) groups is 1. The molecule has 1 aliphatic carbocycles. The summed E-state index contributed by atoms with van der Waals surface area (Å²) < 4.78 is 14.2. The third kappa shape index (κ3) is 2.93. The Labute approximate surface area is 156 Å². The molecule has 0 radical (unpaired) electrons. The van der Waals surface area contributed by atoms with E-state index in [0.29, 0.717) is 16.2 Å². The number of fused-ring (bicyclic) bond motifs is 1. The molecule has 2 atom stereocenters. The fourth-order valence-electron chi connectivity index (χ4n) is 4.10. The second-order valence-electron chi connectivity index (χ2n) is 6.86. The monoisotopic (exact) mass is 371 g/mol. The Morgan fingerprint density at radius 2 is 1.92 bits per heavy atom. The lowest BCUT2D eigenvalue weighted by atomic mass is 9.77. The number of halogens is 2. The Balaban J connectivity index is 1.71. The zero-order valence-electron chi connectivity index (χ0n) is 14.1. The number of aliphatic hydroxyl groups is 1. The minimum absolute atomic E-state index is 0.0276. The van der Waals surface area contributed by atoms with Gasteiger partial charge in [0.15, 0.2) is 5.78 Å². The van der Waals surface area contributed by atoms with Crippen molar-refractivity contribution in [3.8, 4) is 0 Å². The van der Waals surface area contributed by atoms with Crippen LogP contribution in [0.15, 0.2) is 53.8 Å². The predicted octanol–water partition coefficient (Wildman–Crippen LogP) is 4.62. The fourth-order valence-corrected chi connectivity index (χ4v) is 4.42. The van der Waals surface area contributed by atoms with Gasteiger partial charge in [-0.1, -0.05) is 41.9 Å². The Morgan fingerprint density at radius 3 is 2.69 bits per heavy atom. The summed E-state index contributed by atoms with van der Waals surface area (Å²) in [5.41, 5.74) is 2.92. The van der Waals surface area contributed by atoms with Crippen LogP contribution in [-0.4, -0.2) is 17.4 Å². The van der Waals surface area contributed by atoms with E-state index in [2.05, 4.69) is 11.4 Å². The Morgan fingerprint density at radius 1 is 1.12 bits per heavy atom. The lowest BCUT2D eigenvalue weighted by molar-refractivity contribution is -0.117. The van der Waals surface area contributed by atoms with Crippen LogP contribution in [0.3, 0.4) is 0 Å². The molecule has 0 spiro atoms. The molecule has 0 saturated heterocycles. The van der Waals surface area contributed by atoms with Gasteiger partial charge in [-0.3, -0.25) is 4.79 Å². The average molecular weight is 372 g/mol. The SMILES string of the molecule is O=C1C[C@H](c2c(F)cccc2Cl)CC(O)=C1[C@H]1NCCc2ccccc21. The first-order valence-corrected chi connectivity index (χ1v) is 9.14. The van der Waals surface area contributed by atoms with E-state index in [9.17, 15) is 14.3 Å². The van der Waals surface area contributed by atoms with Crippen molar-refractivity contribution in [2.24, 2.45) is 0 Å². The first-order chi connectivity index (χ1) is 12.6. The molecule has 2 aromatic carbocycles. The van der Waals surface area contributed by atoms with E-state index >= 15 is 0 Å². The quantitative estimate of drug-likeness (QED) is 0.809. The van der Waals surface area contributed by atoms with Gasteiger partial charge in [-0.15, -0.1) is 0 Å². The number of hydrogen-bond acceptors (Lipinski definition) is 3. The van der Waals surface area contributed by atoms with Crippen LogP contribution in [0.2, 0.25) is 5.02 Å². The van der Waals surface area contributed by atoms with E-state index in [1.807, 2.05) is 18.2 Å². The maximum absolute atomic E-state index is 14.2. The molecule has 26 heavy (non-hydrogen) atoms. The highest BCUT2D eigenvalue weighted by molar-refractivity contribution is 6.31. The summed E-state index contributed by atoms with van der Waals surface area (Å²) in [5.74, 6) is -1.02. The van der Waals surface area contributed by atoms with Gasteiger partial charge in [-0.05, 0) is 29.7 Å². The van der Waals surface area contributed by atoms with E-state index in [0.717, 1.165) is 18.5 Å². The van der Waals surface area contributed by atoms with Gasteiger partial charge in [0.2, 0.25) is 0 Å². The molecule has 0 saturated carbocycles. The smallest absolute Gasteiger partial charge is 0.164 e. The molecule has 1 heterocycles. The molecule has 2 N–H and O–H groups in total. The molecule has 0 unspecified atom stereocenters. The van der Waals surface area contributed by atoms with Crippen molar-refractivity contribution in [1.29, 1.82) is 0 Å². The van der Waals surface area contributed by atoms with Crippen molar-refractivity contribution in [3.63, 3.8) is 0 Å². The van der Waals surface area contributed by atoms with Gasteiger partial charge in [0.05, 0.1) is 11.6 Å². The highest BCUT2D eigenvalue weighted by atomic mass is 35.5. The van der Waals surface area contributed by atoms with E-state index in [1.54, 1.807) is 6.07 Å². The fraction of sp³-hybridized carbons (Fsp3) is 0.286. The zero-order valence-corrected chi connectivity index (χ0v) is 14.9. The van der Waals surface area contributed by atoms with Crippen molar-refractivity contribution in [1.82, 2.24) is 5.32 Å². The first kappa shape index (κ1) is 17.3. The van der Waals surface area contributed by atoms with Crippen LogP contribution in [0.4, 0.5) is 4.39 Å².